The summed E-state index contributed by atoms with van der Waals surface area (Å²) in [5.74, 6) is 1.54. The van der Waals surface area contributed by atoms with Crippen LogP contribution in [0.25, 0.3) is 0 Å². The minimum atomic E-state index is -0.441. The highest BCUT2D eigenvalue weighted by Crippen LogP contribution is 2.34. The van der Waals surface area contributed by atoms with Crippen molar-refractivity contribution in [1.29, 1.82) is 0 Å². The molecule has 1 N–H and O–H groups in total. The van der Waals surface area contributed by atoms with Gasteiger partial charge in [0.2, 0.25) is 5.95 Å². The van der Waals surface area contributed by atoms with Gasteiger partial charge in [0, 0.05) is 25.9 Å². The van der Waals surface area contributed by atoms with Gasteiger partial charge in [0.25, 0.3) is 0 Å². The van der Waals surface area contributed by atoms with E-state index < -0.39 is 5.82 Å². The van der Waals surface area contributed by atoms with Crippen molar-refractivity contribution in [2.75, 3.05) is 32.2 Å². The Morgan fingerprint density at radius 2 is 1.93 bits per heavy atom. The molecule has 3 unspecified atom stereocenters. The van der Waals surface area contributed by atoms with Crippen LogP contribution in [0.2, 0.25) is 0 Å². The molecule has 2 aromatic heterocycles. The van der Waals surface area contributed by atoms with Crippen LogP contribution in [-0.2, 0) is 20.6 Å². The van der Waals surface area contributed by atoms with Gasteiger partial charge in [-0.2, -0.15) is 0 Å². The Labute approximate surface area is 180 Å². The van der Waals surface area contributed by atoms with Crippen LogP contribution in [0, 0.1) is 5.82 Å². The first-order chi connectivity index (χ1) is 14.5. The second-order valence-electron chi connectivity index (χ2n) is 7.38. The number of ether oxygens (including phenoxy) is 3. The number of hydrogen-bond acceptors (Lipinski definition) is 9. The lowest BCUT2D eigenvalue weighted by molar-refractivity contribution is 0.0406. The predicted molar refractivity (Wildman–Crippen MR) is 112 cm³/mol. The van der Waals surface area contributed by atoms with Crippen LogP contribution in [0.3, 0.4) is 0 Å². The SMILES string of the molecule is COCC(COC)n1c(NSC(C)Cc2ncc(F)cn2)nnc1C1CCC(C)O1. The van der Waals surface area contributed by atoms with E-state index in [1.807, 2.05) is 11.5 Å². The zero-order valence-corrected chi connectivity index (χ0v) is 18.6. The van der Waals surface area contributed by atoms with Gasteiger partial charge >= 0.3 is 0 Å². The molecule has 3 rings (SSSR count). The summed E-state index contributed by atoms with van der Waals surface area (Å²) in [5.41, 5.74) is 0. The second-order valence-corrected chi connectivity index (χ2v) is 8.63. The average molecular weight is 441 g/mol. The summed E-state index contributed by atoms with van der Waals surface area (Å²) < 4.78 is 35.2. The molecule has 0 aromatic carbocycles. The van der Waals surface area contributed by atoms with E-state index in [0.717, 1.165) is 18.7 Å². The van der Waals surface area contributed by atoms with E-state index in [1.54, 1.807) is 14.2 Å². The minimum Gasteiger partial charge on any atom is -0.382 e. The highest BCUT2D eigenvalue weighted by Gasteiger charge is 2.31. The third kappa shape index (κ3) is 5.87. The molecule has 1 saturated heterocycles. The highest BCUT2D eigenvalue weighted by molar-refractivity contribution is 8.01. The van der Waals surface area contributed by atoms with Crippen LogP contribution in [-0.4, -0.2) is 63.5 Å². The predicted octanol–water partition coefficient (Wildman–Crippen LogP) is 2.97. The maximum absolute atomic E-state index is 13.0. The van der Waals surface area contributed by atoms with Gasteiger partial charge in [0.05, 0.1) is 37.8 Å². The molecular weight excluding hydrogens is 411 g/mol. The molecule has 0 radical (unpaired) electrons. The fraction of sp³-hybridized carbons (Fsp3) is 0.684. The first kappa shape index (κ1) is 22.9. The molecule has 2 aromatic rings. The maximum Gasteiger partial charge on any atom is 0.235 e. The molecule has 3 heterocycles. The van der Waals surface area contributed by atoms with Crippen LogP contribution in [0.1, 0.15) is 50.5 Å². The summed E-state index contributed by atoms with van der Waals surface area (Å²) in [4.78, 5) is 8.04. The van der Waals surface area contributed by atoms with Gasteiger partial charge in [-0.3, -0.25) is 9.29 Å². The number of nitrogens with one attached hydrogen (secondary N) is 1. The lowest BCUT2D eigenvalue weighted by Crippen LogP contribution is -2.24. The molecule has 0 bridgehead atoms. The van der Waals surface area contributed by atoms with E-state index in [0.29, 0.717) is 31.4 Å². The van der Waals surface area contributed by atoms with E-state index in [4.69, 9.17) is 14.2 Å². The van der Waals surface area contributed by atoms with Crippen LogP contribution in [0.5, 0.6) is 0 Å². The Morgan fingerprint density at radius 3 is 2.53 bits per heavy atom. The van der Waals surface area contributed by atoms with Crippen LogP contribution in [0.15, 0.2) is 12.4 Å². The molecule has 166 valence electrons. The number of anilines is 1. The summed E-state index contributed by atoms with van der Waals surface area (Å²) in [6.07, 6.45) is 4.93. The van der Waals surface area contributed by atoms with E-state index >= 15 is 0 Å². The van der Waals surface area contributed by atoms with Crippen molar-refractivity contribution in [3.8, 4) is 0 Å². The molecule has 1 aliphatic rings. The highest BCUT2D eigenvalue weighted by atomic mass is 32.2. The van der Waals surface area contributed by atoms with Crippen molar-refractivity contribution in [2.45, 2.75) is 56.6 Å². The topological polar surface area (TPSA) is 96.2 Å². The average Bonchev–Trinajstić information content (AvgIpc) is 3.34. The van der Waals surface area contributed by atoms with Gasteiger partial charge in [-0.25, -0.2) is 14.4 Å². The summed E-state index contributed by atoms with van der Waals surface area (Å²) in [6, 6.07) is -0.0941. The molecular formula is C19H29FN6O3S. The fourth-order valence-electron chi connectivity index (χ4n) is 3.42. The Bertz CT molecular complexity index is 787. The van der Waals surface area contributed by atoms with Gasteiger partial charge in [-0.05, 0) is 31.7 Å². The van der Waals surface area contributed by atoms with Crippen molar-refractivity contribution in [1.82, 2.24) is 24.7 Å². The summed E-state index contributed by atoms with van der Waals surface area (Å²) in [5, 5.41) is 8.92. The van der Waals surface area contributed by atoms with Gasteiger partial charge in [0.15, 0.2) is 11.6 Å². The summed E-state index contributed by atoms with van der Waals surface area (Å²) in [7, 11) is 3.32. The van der Waals surface area contributed by atoms with Crippen LogP contribution >= 0.6 is 11.9 Å². The molecule has 1 aliphatic heterocycles. The summed E-state index contributed by atoms with van der Waals surface area (Å²) >= 11 is 1.48. The van der Waals surface area contributed by atoms with Gasteiger partial charge in [0.1, 0.15) is 11.9 Å². The smallest absolute Gasteiger partial charge is 0.235 e. The second kappa shape index (κ2) is 11.0. The fourth-order valence-corrected chi connectivity index (χ4v) is 4.10. The van der Waals surface area contributed by atoms with E-state index in [-0.39, 0.29) is 23.5 Å². The lowest BCUT2D eigenvalue weighted by Gasteiger charge is -2.23. The zero-order valence-electron chi connectivity index (χ0n) is 17.7. The molecule has 11 heteroatoms. The minimum absolute atomic E-state index is 0.0941. The van der Waals surface area contributed by atoms with Crippen molar-refractivity contribution in [3.05, 3.63) is 29.9 Å². The number of rotatable bonds is 11. The molecule has 9 nitrogen and oxygen atoms in total. The van der Waals surface area contributed by atoms with Crippen molar-refractivity contribution in [2.24, 2.45) is 0 Å². The van der Waals surface area contributed by atoms with Gasteiger partial charge in [-0.1, -0.05) is 6.92 Å². The van der Waals surface area contributed by atoms with Crippen molar-refractivity contribution < 1.29 is 18.6 Å². The molecule has 1 fully saturated rings. The Morgan fingerprint density at radius 1 is 1.23 bits per heavy atom. The third-order valence-corrected chi connectivity index (χ3v) is 5.69. The van der Waals surface area contributed by atoms with Crippen molar-refractivity contribution in [3.63, 3.8) is 0 Å². The molecule has 0 amide bonds. The maximum atomic E-state index is 13.0. The van der Waals surface area contributed by atoms with E-state index in [1.165, 1.54) is 24.3 Å². The van der Waals surface area contributed by atoms with Gasteiger partial charge < -0.3 is 14.2 Å². The molecule has 0 saturated carbocycles. The first-order valence-corrected chi connectivity index (χ1v) is 10.9. The monoisotopic (exact) mass is 440 g/mol. The summed E-state index contributed by atoms with van der Waals surface area (Å²) in [6.45, 7) is 5.02. The quantitative estimate of drug-likeness (QED) is 0.529. The lowest BCUT2D eigenvalue weighted by atomic mass is 10.2. The standard InChI is InChI=1S/C19H29FN6O3S/c1-12-5-6-16(29-12)18-23-24-19(26(18)15(10-27-3)11-28-4)25-30-13(2)7-17-21-8-14(20)9-22-17/h8-9,12-13,15-16H,5-7,10-11H2,1-4H3,(H,24,25). The third-order valence-electron chi connectivity index (χ3n) is 4.82. The van der Waals surface area contributed by atoms with Crippen LogP contribution in [0.4, 0.5) is 10.3 Å². The molecule has 0 aliphatic carbocycles. The van der Waals surface area contributed by atoms with E-state index in [2.05, 4.69) is 31.8 Å². The number of methoxy groups -OCH3 is 2. The Balaban J connectivity index is 1.73. The largest absolute Gasteiger partial charge is 0.382 e. The number of aromatic nitrogens is 5. The molecule has 0 spiro atoms. The molecule has 30 heavy (non-hydrogen) atoms. The van der Waals surface area contributed by atoms with E-state index in [9.17, 15) is 4.39 Å². The number of nitrogens with zero attached hydrogens (tertiary/aromatic N) is 5. The normalized spacial score (nSPS) is 20.1. The first-order valence-electron chi connectivity index (χ1n) is 9.98. The van der Waals surface area contributed by atoms with Gasteiger partial charge in [-0.15, -0.1) is 10.2 Å². The Hall–Kier alpha value is -1.82. The Kier molecular flexibility index (Phi) is 8.37. The van der Waals surface area contributed by atoms with Crippen LogP contribution < -0.4 is 4.72 Å². The zero-order chi connectivity index (χ0) is 21.5. The molecule has 3 atom stereocenters. The number of halogens is 1. The number of hydrogen-bond donors (Lipinski definition) is 1. The van der Waals surface area contributed by atoms with Crippen molar-refractivity contribution >= 4 is 17.9 Å².